The Morgan fingerprint density at radius 2 is 2.04 bits per heavy atom. The van der Waals surface area contributed by atoms with Crippen LogP contribution in [-0.2, 0) is 29.9 Å². The smallest absolute Gasteiger partial charge is 0.339 e. The molecule has 0 saturated carbocycles. The van der Waals surface area contributed by atoms with E-state index in [1.165, 1.54) is 12.1 Å². The number of nitrogens with zero attached hydrogens (tertiary/aromatic N) is 5. The first kappa shape index (κ1) is 20.2. The molecule has 0 amide bonds. The van der Waals surface area contributed by atoms with Crippen LogP contribution >= 0.6 is 0 Å². The van der Waals surface area contributed by atoms with E-state index in [0.717, 1.165) is 12.1 Å². The van der Waals surface area contributed by atoms with E-state index in [2.05, 4.69) is 20.3 Å². The Morgan fingerprint density at radius 3 is 2.75 bits per heavy atom. The van der Waals surface area contributed by atoms with Crippen LogP contribution in [0.2, 0.25) is 0 Å². The summed E-state index contributed by atoms with van der Waals surface area (Å²) in [6.07, 6.45) is -3.59. The highest BCUT2D eigenvalue weighted by atomic mass is 32.2. The standard InChI is InChI=1S/C17H18F3N5O2S/c1-3-25-11(2)22-23-16(25)28(26)9-5-8-14-21-15(24-27-14)12-6-4-7-13(10-12)17(18,19)20/h4,6-7,10H,3,5,8-9H2,1-2H3/t28-/m1/s1. The van der Waals surface area contributed by atoms with E-state index in [1.54, 1.807) is 11.5 Å². The molecule has 1 aromatic carbocycles. The molecule has 1 atom stereocenters. The molecule has 2 heterocycles. The first-order valence-electron chi connectivity index (χ1n) is 8.58. The molecule has 7 nitrogen and oxygen atoms in total. The lowest BCUT2D eigenvalue weighted by molar-refractivity contribution is -0.137. The van der Waals surface area contributed by atoms with Gasteiger partial charge in [0, 0.05) is 24.3 Å². The molecule has 0 N–H and O–H groups in total. The largest absolute Gasteiger partial charge is 0.416 e. The summed E-state index contributed by atoms with van der Waals surface area (Å²) in [6, 6.07) is 4.74. The zero-order valence-electron chi connectivity index (χ0n) is 15.2. The van der Waals surface area contributed by atoms with Crippen LogP contribution < -0.4 is 0 Å². The summed E-state index contributed by atoms with van der Waals surface area (Å²) in [7, 11) is -1.32. The van der Waals surface area contributed by atoms with Crippen LogP contribution in [0.5, 0.6) is 0 Å². The number of aryl methyl sites for hydroxylation is 2. The molecule has 0 aliphatic heterocycles. The van der Waals surface area contributed by atoms with Crippen molar-refractivity contribution in [3.8, 4) is 11.4 Å². The van der Waals surface area contributed by atoms with E-state index in [0.29, 0.717) is 36.1 Å². The van der Waals surface area contributed by atoms with Crippen molar-refractivity contribution >= 4 is 10.8 Å². The van der Waals surface area contributed by atoms with Gasteiger partial charge in [-0.25, -0.2) is 0 Å². The van der Waals surface area contributed by atoms with Gasteiger partial charge in [-0.15, -0.1) is 10.2 Å². The third kappa shape index (κ3) is 4.46. The van der Waals surface area contributed by atoms with Crippen molar-refractivity contribution in [2.24, 2.45) is 0 Å². The van der Waals surface area contributed by atoms with E-state index >= 15 is 0 Å². The summed E-state index contributed by atoms with van der Waals surface area (Å²) in [5, 5.41) is 12.1. The molecule has 3 rings (SSSR count). The van der Waals surface area contributed by atoms with Gasteiger partial charge in [0.05, 0.1) is 16.4 Å². The molecule has 0 spiro atoms. The third-order valence-corrected chi connectivity index (χ3v) is 5.43. The number of alkyl halides is 3. The fraction of sp³-hybridized carbons (Fsp3) is 0.412. The van der Waals surface area contributed by atoms with E-state index in [4.69, 9.17) is 4.52 Å². The highest BCUT2D eigenvalue weighted by molar-refractivity contribution is 7.84. The van der Waals surface area contributed by atoms with Gasteiger partial charge in [0.15, 0.2) is 0 Å². The van der Waals surface area contributed by atoms with Crippen molar-refractivity contribution in [1.29, 1.82) is 0 Å². The Labute approximate surface area is 161 Å². The van der Waals surface area contributed by atoms with Crippen LogP contribution in [0, 0.1) is 6.92 Å². The van der Waals surface area contributed by atoms with Crippen molar-refractivity contribution in [3.05, 3.63) is 41.5 Å². The van der Waals surface area contributed by atoms with Crippen LogP contribution in [0.15, 0.2) is 33.9 Å². The van der Waals surface area contributed by atoms with Crippen LogP contribution in [0.3, 0.4) is 0 Å². The third-order valence-electron chi connectivity index (χ3n) is 4.06. The second-order valence-electron chi connectivity index (χ2n) is 6.02. The van der Waals surface area contributed by atoms with E-state index in [9.17, 15) is 17.4 Å². The molecule has 28 heavy (non-hydrogen) atoms. The van der Waals surface area contributed by atoms with Crippen molar-refractivity contribution < 1.29 is 21.9 Å². The van der Waals surface area contributed by atoms with Gasteiger partial charge < -0.3 is 9.09 Å². The predicted molar refractivity (Wildman–Crippen MR) is 94.8 cm³/mol. The van der Waals surface area contributed by atoms with Gasteiger partial charge >= 0.3 is 6.18 Å². The first-order chi connectivity index (χ1) is 13.3. The van der Waals surface area contributed by atoms with Gasteiger partial charge in [-0.2, -0.15) is 18.2 Å². The molecule has 0 radical (unpaired) electrons. The molecule has 0 unspecified atom stereocenters. The zero-order chi connectivity index (χ0) is 20.3. The first-order valence-corrected chi connectivity index (χ1v) is 9.90. The number of aromatic nitrogens is 5. The number of hydrogen-bond acceptors (Lipinski definition) is 6. The van der Waals surface area contributed by atoms with E-state index in [-0.39, 0.29) is 17.3 Å². The van der Waals surface area contributed by atoms with Gasteiger partial charge in [-0.1, -0.05) is 17.3 Å². The number of benzene rings is 1. The van der Waals surface area contributed by atoms with Crippen LogP contribution in [0.1, 0.15) is 30.6 Å². The lowest BCUT2D eigenvalue weighted by Gasteiger charge is -2.06. The van der Waals surface area contributed by atoms with Gasteiger partial charge in [-0.3, -0.25) is 4.21 Å². The fourth-order valence-corrected chi connectivity index (χ4v) is 3.88. The maximum Gasteiger partial charge on any atom is 0.416 e. The molecule has 0 aliphatic rings. The maximum absolute atomic E-state index is 12.8. The second kappa shape index (κ2) is 8.21. The van der Waals surface area contributed by atoms with Gasteiger partial charge in [0.2, 0.25) is 16.9 Å². The summed E-state index contributed by atoms with van der Waals surface area (Å²) in [5.74, 6) is 1.40. The minimum absolute atomic E-state index is 0.0866. The Balaban J connectivity index is 1.62. The van der Waals surface area contributed by atoms with Gasteiger partial charge in [0.25, 0.3) is 0 Å². The summed E-state index contributed by atoms with van der Waals surface area (Å²) in [6.45, 7) is 4.35. The van der Waals surface area contributed by atoms with E-state index in [1.807, 2.05) is 6.92 Å². The molecule has 11 heteroatoms. The van der Waals surface area contributed by atoms with Crippen molar-refractivity contribution in [1.82, 2.24) is 24.9 Å². The van der Waals surface area contributed by atoms with Crippen molar-refractivity contribution in [2.45, 2.75) is 44.6 Å². The summed E-state index contributed by atoms with van der Waals surface area (Å²) in [4.78, 5) is 4.13. The second-order valence-corrected chi connectivity index (χ2v) is 7.48. The predicted octanol–water partition coefficient (Wildman–Crippen LogP) is 3.42. The Bertz CT molecular complexity index is 983. The summed E-state index contributed by atoms with van der Waals surface area (Å²) in [5.41, 5.74) is -0.554. The normalized spacial score (nSPS) is 13.0. The number of hydrogen-bond donors (Lipinski definition) is 0. The monoisotopic (exact) mass is 413 g/mol. The zero-order valence-corrected chi connectivity index (χ0v) is 16.0. The lowest BCUT2D eigenvalue weighted by atomic mass is 10.1. The van der Waals surface area contributed by atoms with Crippen LogP contribution in [0.25, 0.3) is 11.4 Å². The highest BCUT2D eigenvalue weighted by Gasteiger charge is 2.30. The maximum atomic E-state index is 12.8. The number of rotatable bonds is 7. The average Bonchev–Trinajstić information content (AvgIpc) is 3.27. The molecule has 0 bridgehead atoms. The van der Waals surface area contributed by atoms with Crippen LogP contribution in [0.4, 0.5) is 13.2 Å². The quantitative estimate of drug-likeness (QED) is 0.590. The molecular weight excluding hydrogens is 395 g/mol. The summed E-state index contributed by atoms with van der Waals surface area (Å²) < 4.78 is 57.8. The topological polar surface area (TPSA) is 86.7 Å². The molecular formula is C17H18F3N5O2S. The van der Waals surface area contributed by atoms with Crippen molar-refractivity contribution in [2.75, 3.05) is 5.75 Å². The van der Waals surface area contributed by atoms with Crippen LogP contribution in [-0.4, -0.2) is 34.9 Å². The summed E-state index contributed by atoms with van der Waals surface area (Å²) >= 11 is 0. The van der Waals surface area contributed by atoms with Gasteiger partial charge in [0.1, 0.15) is 5.82 Å². The fourth-order valence-electron chi connectivity index (χ4n) is 2.65. The molecule has 150 valence electrons. The van der Waals surface area contributed by atoms with E-state index < -0.39 is 22.5 Å². The van der Waals surface area contributed by atoms with Gasteiger partial charge in [-0.05, 0) is 32.4 Å². The Kier molecular flexibility index (Phi) is 5.92. The van der Waals surface area contributed by atoms with Crippen molar-refractivity contribution in [3.63, 3.8) is 0 Å². The highest BCUT2D eigenvalue weighted by Crippen LogP contribution is 2.31. The Hall–Kier alpha value is -2.56. The minimum Gasteiger partial charge on any atom is -0.339 e. The molecule has 2 aromatic heterocycles. The molecule has 0 fully saturated rings. The average molecular weight is 413 g/mol. The molecule has 0 saturated heterocycles. The molecule has 3 aromatic rings. The minimum atomic E-state index is -4.44. The Morgan fingerprint density at radius 1 is 1.25 bits per heavy atom. The molecule has 0 aliphatic carbocycles. The SMILES string of the molecule is CCn1c(C)nnc1[S@](=O)CCCc1nc(-c2cccc(C(F)(F)F)c2)no1. The number of halogens is 3. The lowest BCUT2D eigenvalue weighted by Crippen LogP contribution is -2.09.